The molecule has 0 amide bonds. The van der Waals surface area contributed by atoms with Crippen LogP contribution in [0.4, 0.5) is 4.39 Å². The third-order valence-electron chi connectivity index (χ3n) is 5.86. The minimum atomic E-state index is -0.883. The number of likely N-dealkylation sites (tertiary alicyclic amines) is 1. The van der Waals surface area contributed by atoms with Crippen molar-refractivity contribution in [3.8, 4) is 5.75 Å². The predicted octanol–water partition coefficient (Wildman–Crippen LogP) is 5.09. The first-order chi connectivity index (χ1) is 15.0. The van der Waals surface area contributed by atoms with E-state index in [1.54, 1.807) is 11.3 Å². The summed E-state index contributed by atoms with van der Waals surface area (Å²) in [5, 5.41) is 12.2. The normalized spacial score (nSPS) is 19.8. The third-order valence-corrected chi connectivity index (χ3v) is 7.27. The zero-order chi connectivity index (χ0) is 21.7. The van der Waals surface area contributed by atoms with Gasteiger partial charge in [0.1, 0.15) is 22.2 Å². The van der Waals surface area contributed by atoms with Crippen LogP contribution in [0.2, 0.25) is 0 Å². The molecule has 0 radical (unpaired) electrons. The first-order valence-electron chi connectivity index (χ1n) is 10.9. The van der Waals surface area contributed by atoms with Gasteiger partial charge in [-0.25, -0.2) is 9.37 Å². The van der Waals surface area contributed by atoms with Gasteiger partial charge in [0.2, 0.25) is 0 Å². The van der Waals surface area contributed by atoms with Crippen molar-refractivity contribution in [2.75, 3.05) is 19.7 Å². The molecule has 164 valence electrons. The highest BCUT2D eigenvalue weighted by atomic mass is 32.1. The maximum Gasteiger partial charge on any atom is 0.125 e. The Hall–Kier alpha value is -2.28. The Kier molecular flexibility index (Phi) is 7.00. The summed E-state index contributed by atoms with van der Waals surface area (Å²) in [6.45, 7) is 5.09. The van der Waals surface area contributed by atoms with Crippen molar-refractivity contribution >= 4 is 11.3 Å². The first kappa shape index (κ1) is 21.9. The van der Waals surface area contributed by atoms with Gasteiger partial charge >= 0.3 is 0 Å². The van der Waals surface area contributed by atoms with Crippen molar-refractivity contribution in [1.29, 1.82) is 0 Å². The molecule has 1 aliphatic rings. The van der Waals surface area contributed by atoms with Crippen LogP contribution in [-0.4, -0.2) is 34.7 Å². The largest absolute Gasteiger partial charge is 0.493 e. The van der Waals surface area contributed by atoms with E-state index in [2.05, 4.69) is 4.90 Å². The van der Waals surface area contributed by atoms with E-state index in [9.17, 15) is 9.50 Å². The van der Waals surface area contributed by atoms with E-state index in [1.807, 2.05) is 49.4 Å². The van der Waals surface area contributed by atoms with E-state index in [0.717, 1.165) is 54.5 Å². The number of para-hydroxylation sites is 1. The van der Waals surface area contributed by atoms with Gasteiger partial charge in [-0.05, 0) is 62.6 Å². The molecule has 1 N–H and O–H groups in total. The van der Waals surface area contributed by atoms with Crippen LogP contribution in [0.1, 0.15) is 40.4 Å². The van der Waals surface area contributed by atoms with E-state index in [1.165, 1.54) is 17.0 Å². The Morgan fingerprint density at radius 1 is 1.10 bits per heavy atom. The highest BCUT2D eigenvalue weighted by Crippen LogP contribution is 2.37. The van der Waals surface area contributed by atoms with Crippen molar-refractivity contribution in [1.82, 2.24) is 9.88 Å². The molecule has 2 heterocycles. The molecule has 1 saturated heterocycles. The van der Waals surface area contributed by atoms with Gasteiger partial charge in [-0.2, -0.15) is 0 Å². The molecule has 6 heteroatoms. The van der Waals surface area contributed by atoms with Gasteiger partial charge < -0.3 is 9.84 Å². The number of halogens is 1. The van der Waals surface area contributed by atoms with E-state index < -0.39 is 5.60 Å². The van der Waals surface area contributed by atoms with E-state index in [0.29, 0.717) is 19.4 Å². The molecule has 3 aromatic rings. The van der Waals surface area contributed by atoms with E-state index in [-0.39, 0.29) is 5.82 Å². The molecule has 4 nitrogen and oxygen atoms in total. The molecule has 1 atom stereocenters. The molecule has 4 rings (SSSR count). The Morgan fingerprint density at radius 3 is 2.65 bits per heavy atom. The predicted molar refractivity (Wildman–Crippen MR) is 122 cm³/mol. The SMILES string of the molecule is Cc1nc([C@]2(O)CCCN(Cc3ccc(F)cc3)CC2)sc1CCOc1ccccc1. The monoisotopic (exact) mass is 440 g/mol. The number of hydrogen-bond acceptors (Lipinski definition) is 5. The zero-order valence-corrected chi connectivity index (χ0v) is 18.7. The highest BCUT2D eigenvalue weighted by Gasteiger charge is 2.35. The Bertz CT molecular complexity index is 977. The average Bonchev–Trinajstić information content (AvgIpc) is 3.04. The van der Waals surface area contributed by atoms with Crippen LogP contribution in [-0.2, 0) is 18.6 Å². The molecule has 0 saturated carbocycles. The molecule has 1 aliphatic heterocycles. The summed E-state index contributed by atoms with van der Waals surface area (Å²) < 4.78 is 19.0. The number of benzene rings is 2. The van der Waals surface area contributed by atoms with Crippen LogP contribution in [0.15, 0.2) is 54.6 Å². The average molecular weight is 441 g/mol. The van der Waals surface area contributed by atoms with Crippen molar-refractivity contribution in [3.05, 3.63) is 81.6 Å². The topological polar surface area (TPSA) is 45.6 Å². The summed E-state index contributed by atoms with van der Waals surface area (Å²) in [6, 6.07) is 16.5. The summed E-state index contributed by atoms with van der Waals surface area (Å²) in [5.74, 6) is 0.659. The zero-order valence-electron chi connectivity index (χ0n) is 17.9. The summed E-state index contributed by atoms with van der Waals surface area (Å²) in [7, 11) is 0. The summed E-state index contributed by atoms with van der Waals surface area (Å²) >= 11 is 1.61. The number of thiazole rings is 1. The van der Waals surface area contributed by atoms with Crippen LogP contribution >= 0.6 is 11.3 Å². The number of hydrogen-bond donors (Lipinski definition) is 1. The van der Waals surface area contributed by atoms with Gasteiger partial charge in [0, 0.05) is 24.4 Å². The number of aromatic nitrogens is 1. The minimum absolute atomic E-state index is 0.210. The summed E-state index contributed by atoms with van der Waals surface area (Å²) in [4.78, 5) is 8.25. The minimum Gasteiger partial charge on any atom is -0.493 e. The smallest absolute Gasteiger partial charge is 0.125 e. The lowest BCUT2D eigenvalue weighted by molar-refractivity contribution is 0.0207. The Morgan fingerprint density at radius 2 is 1.87 bits per heavy atom. The van der Waals surface area contributed by atoms with Crippen molar-refractivity contribution in [3.63, 3.8) is 0 Å². The van der Waals surface area contributed by atoms with Gasteiger partial charge in [-0.3, -0.25) is 4.90 Å². The lowest BCUT2D eigenvalue weighted by Crippen LogP contribution is -2.29. The van der Waals surface area contributed by atoms with E-state index >= 15 is 0 Å². The molecule has 0 spiro atoms. The lowest BCUT2D eigenvalue weighted by Gasteiger charge is -2.24. The van der Waals surface area contributed by atoms with Crippen LogP contribution in [0.25, 0.3) is 0 Å². The Balaban J connectivity index is 1.36. The standard InChI is InChI=1S/C25H29FN2O2S/c1-19-23(12-17-30-22-6-3-2-4-7-22)31-24(27-19)25(29)13-5-15-28(16-14-25)18-20-8-10-21(26)11-9-20/h2-4,6-11,29H,5,12-18H2,1H3/t25-/m0/s1. The second kappa shape index (κ2) is 9.90. The fraction of sp³-hybridized carbons (Fsp3) is 0.400. The lowest BCUT2D eigenvalue weighted by atomic mass is 9.96. The molecule has 1 fully saturated rings. The molecular weight excluding hydrogens is 411 g/mol. The number of ether oxygens (including phenoxy) is 1. The Labute approximate surface area is 187 Å². The van der Waals surface area contributed by atoms with Crippen LogP contribution in [0.5, 0.6) is 5.75 Å². The van der Waals surface area contributed by atoms with Crippen LogP contribution < -0.4 is 4.74 Å². The van der Waals surface area contributed by atoms with Gasteiger partial charge in [0.05, 0.1) is 12.3 Å². The molecule has 1 aromatic heterocycles. The first-order valence-corrected chi connectivity index (χ1v) is 11.7. The fourth-order valence-electron chi connectivity index (χ4n) is 4.03. The summed E-state index contributed by atoms with van der Waals surface area (Å²) in [5.41, 5.74) is 1.20. The number of aryl methyl sites for hydroxylation is 1. The maximum atomic E-state index is 13.2. The van der Waals surface area contributed by atoms with E-state index in [4.69, 9.17) is 9.72 Å². The molecule has 2 aromatic carbocycles. The molecule has 0 unspecified atom stereocenters. The van der Waals surface area contributed by atoms with Crippen molar-refractivity contribution < 1.29 is 14.2 Å². The van der Waals surface area contributed by atoms with Gasteiger partial charge in [-0.1, -0.05) is 30.3 Å². The van der Waals surface area contributed by atoms with Gasteiger partial charge in [-0.15, -0.1) is 11.3 Å². The molecule has 0 bridgehead atoms. The molecular formula is C25H29FN2O2S. The molecule has 0 aliphatic carbocycles. The number of rotatable bonds is 7. The quantitative estimate of drug-likeness (QED) is 0.556. The second-order valence-electron chi connectivity index (χ2n) is 8.23. The second-order valence-corrected chi connectivity index (χ2v) is 9.31. The van der Waals surface area contributed by atoms with Crippen LogP contribution in [0.3, 0.4) is 0 Å². The molecule has 31 heavy (non-hydrogen) atoms. The number of aliphatic hydroxyl groups is 1. The summed E-state index contributed by atoms with van der Waals surface area (Å²) in [6.07, 6.45) is 3.05. The van der Waals surface area contributed by atoms with Crippen LogP contribution in [0, 0.1) is 12.7 Å². The van der Waals surface area contributed by atoms with Gasteiger partial charge in [0.25, 0.3) is 0 Å². The van der Waals surface area contributed by atoms with Crippen molar-refractivity contribution in [2.45, 2.75) is 44.8 Å². The fourth-order valence-corrected chi connectivity index (χ4v) is 5.22. The van der Waals surface area contributed by atoms with Gasteiger partial charge in [0.15, 0.2) is 0 Å². The highest BCUT2D eigenvalue weighted by molar-refractivity contribution is 7.11. The van der Waals surface area contributed by atoms with Crippen molar-refractivity contribution in [2.24, 2.45) is 0 Å². The number of nitrogens with zero attached hydrogens (tertiary/aromatic N) is 2. The third kappa shape index (κ3) is 5.70. The maximum absolute atomic E-state index is 13.2.